The number of rotatable bonds is 3. The van der Waals surface area contributed by atoms with Crippen LogP contribution in [0, 0.1) is 5.82 Å². The minimum Gasteiger partial charge on any atom is -0.346 e. The third-order valence-electron chi connectivity index (χ3n) is 4.18. The number of nitrogens with one attached hydrogen (secondary N) is 1. The molecule has 0 aromatic heterocycles. The second kappa shape index (κ2) is 8.32. The molecular weight excluding hydrogens is 380 g/mol. The van der Waals surface area contributed by atoms with Crippen molar-refractivity contribution in [3.8, 4) is 0 Å². The Morgan fingerprint density at radius 3 is 2.48 bits per heavy atom. The van der Waals surface area contributed by atoms with Gasteiger partial charge in [-0.25, -0.2) is 4.39 Å². The molecule has 0 atom stereocenters. The molecule has 1 aliphatic heterocycles. The summed E-state index contributed by atoms with van der Waals surface area (Å²) < 4.78 is 13.8. The van der Waals surface area contributed by atoms with E-state index in [1.54, 1.807) is 18.2 Å². The lowest BCUT2D eigenvalue weighted by molar-refractivity contribution is 0.175. The predicted molar refractivity (Wildman–Crippen MR) is 106 cm³/mol. The van der Waals surface area contributed by atoms with E-state index in [9.17, 15) is 4.39 Å². The van der Waals surface area contributed by atoms with Crippen LogP contribution >= 0.6 is 35.4 Å². The molecule has 1 aliphatic rings. The Morgan fingerprint density at radius 1 is 1.08 bits per heavy atom. The van der Waals surface area contributed by atoms with Crippen LogP contribution in [0.4, 0.5) is 10.1 Å². The van der Waals surface area contributed by atoms with Crippen LogP contribution in [-0.4, -0.2) is 41.1 Å². The van der Waals surface area contributed by atoms with Crippen molar-refractivity contribution < 1.29 is 4.39 Å². The second-order valence-corrected chi connectivity index (χ2v) is 7.14. The van der Waals surface area contributed by atoms with Crippen molar-refractivity contribution in [2.75, 3.05) is 31.5 Å². The van der Waals surface area contributed by atoms with Crippen LogP contribution in [-0.2, 0) is 6.54 Å². The largest absolute Gasteiger partial charge is 0.346 e. The number of thiocarbonyl (C=S) groups is 1. The first-order valence-corrected chi connectivity index (χ1v) is 9.16. The second-order valence-electron chi connectivity index (χ2n) is 5.91. The molecule has 2 aromatic rings. The van der Waals surface area contributed by atoms with E-state index in [1.807, 2.05) is 18.2 Å². The Morgan fingerprint density at radius 2 is 1.80 bits per heavy atom. The lowest BCUT2D eigenvalue weighted by atomic mass is 10.2. The fourth-order valence-electron chi connectivity index (χ4n) is 2.76. The van der Waals surface area contributed by atoms with Crippen LogP contribution in [0.25, 0.3) is 0 Å². The molecule has 3 rings (SSSR count). The van der Waals surface area contributed by atoms with Crippen LogP contribution < -0.4 is 5.32 Å². The maximum Gasteiger partial charge on any atom is 0.173 e. The zero-order valence-electron chi connectivity index (χ0n) is 13.5. The first-order valence-electron chi connectivity index (χ1n) is 7.99. The van der Waals surface area contributed by atoms with Gasteiger partial charge in [-0.05, 0) is 36.5 Å². The van der Waals surface area contributed by atoms with Crippen LogP contribution in [0.2, 0.25) is 10.0 Å². The molecule has 2 aromatic carbocycles. The molecule has 7 heteroatoms. The molecule has 0 bridgehead atoms. The van der Waals surface area contributed by atoms with E-state index >= 15 is 0 Å². The first-order chi connectivity index (χ1) is 12.0. The van der Waals surface area contributed by atoms with Crippen LogP contribution in [0.3, 0.4) is 0 Å². The van der Waals surface area contributed by atoms with Gasteiger partial charge in [0.15, 0.2) is 5.11 Å². The van der Waals surface area contributed by atoms with E-state index in [0.717, 1.165) is 37.4 Å². The normalized spacial score (nSPS) is 15.2. The van der Waals surface area contributed by atoms with Gasteiger partial charge in [0, 0.05) is 43.3 Å². The third-order valence-corrected chi connectivity index (χ3v) is 5.09. The first kappa shape index (κ1) is 18.4. The molecular formula is C18H18Cl2FN3S. The molecule has 0 radical (unpaired) electrons. The van der Waals surface area contributed by atoms with Gasteiger partial charge < -0.3 is 10.2 Å². The van der Waals surface area contributed by atoms with E-state index in [-0.39, 0.29) is 5.82 Å². The van der Waals surface area contributed by atoms with Crippen LogP contribution in [0.15, 0.2) is 42.5 Å². The molecule has 1 N–H and O–H groups in total. The Balaban J connectivity index is 1.53. The highest BCUT2D eigenvalue weighted by Crippen LogP contribution is 2.25. The smallest absolute Gasteiger partial charge is 0.173 e. The van der Waals surface area contributed by atoms with Gasteiger partial charge in [0.2, 0.25) is 0 Å². The molecule has 25 heavy (non-hydrogen) atoms. The Bertz CT molecular complexity index is 764. The number of benzene rings is 2. The Labute approximate surface area is 162 Å². The number of halogens is 3. The number of hydrogen-bond acceptors (Lipinski definition) is 2. The molecule has 3 nitrogen and oxygen atoms in total. The molecule has 0 saturated carbocycles. The number of piperazine rings is 1. The Kier molecular flexibility index (Phi) is 6.12. The fourth-order valence-corrected chi connectivity index (χ4v) is 3.51. The summed E-state index contributed by atoms with van der Waals surface area (Å²) in [5.41, 5.74) is 1.47. The standard InChI is InChI=1S/C18H18Cl2FN3S/c19-14-5-6-17(15(20)11-14)22-18(25)24-9-7-23(8-10-24)12-13-3-1-2-4-16(13)21/h1-6,11H,7-10,12H2,(H,22,25). The molecule has 132 valence electrons. The quantitative estimate of drug-likeness (QED) is 0.759. The average molecular weight is 398 g/mol. The topological polar surface area (TPSA) is 18.5 Å². The van der Waals surface area contributed by atoms with Crippen molar-refractivity contribution in [2.45, 2.75) is 6.54 Å². The third kappa shape index (κ3) is 4.82. The summed E-state index contributed by atoms with van der Waals surface area (Å²) in [4.78, 5) is 4.32. The lowest BCUT2D eigenvalue weighted by Gasteiger charge is -2.36. The van der Waals surface area contributed by atoms with Crippen molar-refractivity contribution in [3.63, 3.8) is 0 Å². The summed E-state index contributed by atoms with van der Waals surface area (Å²) >= 11 is 17.6. The fraction of sp³-hybridized carbons (Fsp3) is 0.278. The molecule has 0 unspecified atom stereocenters. The van der Waals surface area contributed by atoms with Gasteiger partial charge in [0.1, 0.15) is 5.82 Å². The SMILES string of the molecule is Fc1ccccc1CN1CCN(C(=S)Nc2ccc(Cl)cc2Cl)CC1. The van der Waals surface area contributed by atoms with E-state index in [2.05, 4.69) is 15.1 Å². The van der Waals surface area contributed by atoms with Crippen molar-refractivity contribution >= 4 is 46.2 Å². The van der Waals surface area contributed by atoms with Crippen molar-refractivity contribution in [1.82, 2.24) is 9.80 Å². The molecule has 1 heterocycles. The molecule has 0 aliphatic carbocycles. The van der Waals surface area contributed by atoms with Crippen molar-refractivity contribution in [3.05, 3.63) is 63.9 Å². The van der Waals surface area contributed by atoms with Gasteiger partial charge in [-0.2, -0.15) is 0 Å². The van der Waals surface area contributed by atoms with Gasteiger partial charge in [-0.3, -0.25) is 4.90 Å². The Hall–Kier alpha value is -1.40. The molecule has 0 amide bonds. The van der Waals surface area contributed by atoms with E-state index in [1.165, 1.54) is 6.07 Å². The summed E-state index contributed by atoms with van der Waals surface area (Å²) in [6, 6.07) is 12.2. The minimum absolute atomic E-state index is 0.153. The zero-order valence-corrected chi connectivity index (χ0v) is 15.8. The van der Waals surface area contributed by atoms with Crippen LogP contribution in [0.1, 0.15) is 5.56 Å². The average Bonchev–Trinajstić information content (AvgIpc) is 2.60. The van der Waals surface area contributed by atoms with Gasteiger partial charge in [-0.15, -0.1) is 0 Å². The molecule has 0 spiro atoms. The summed E-state index contributed by atoms with van der Waals surface area (Å²) in [5.74, 6) is -0.153. The highest BCUT2D eigenvalue weighted by molar-refractivity contribution is 7.80. The molecule has 1 fully saturated rings. The van der Waals surface area contributed by atoms with Crippen molar-refractivity contribution in [2.24, 2.45) is 0 Å². The predicted octanol–water partition coefficient (Wildman–Crippen LogP) is 4.65. The van der Waals surface area contributed by atoms with E-state index < -0.39 is 0 Å². The summed E-state index contributed by atoms with van der Waals surface area (Å²) in [5, 5.41) is 4.92. The maximum atomic E-state index is 13.8. The van der Waals surface area contributed by atoms with E-state index in [4.69, 9.17) is 35.4 Å². The van der Waals surface area contributed by atoms with Gasteiger partial charge in [0.05, 0.1) is 10.7 Å². The van der Waals surface area contributed by atoms with Gasteiger partial charge in [0.25, 0.3) is 0 Å². The summed E-state index contributed by atoms with van der Waals surface area (Å²) in [6.45, 7) is 3.83. The molecule has 1 saturated heterocycles. The van der Waals surface area contributed by atoms with Crippen LogP contribution in [0.5, 0.6) is 0 Å². The monoisotopic (exact) mass is 397 g/mol. The van der Waals surface area contributed by atoms with Gasteiger partial charge in [-0.1, -0.05) is 41.4 Å². The summed E-state index contributed by atoms with van der Waals surface area (Å²) in [7, 11) is 0. The lowest BCUT2D eigenvalue weighted by Crippen LogP contribution is -2.49. The van der Waals surface area contributed by atoms with Gasteiger partial charge >= 0.3 is 0 Å². The number of nitrogens with zero attached hydrogens (tertiary/aromatic N) is 2. The number of anilines is 1. The minimum atomic E-state index is -0.153. The number of hydrogen-bond donors (Lipinski definition) is 1. The highest BCUT2D eigenvalue weighted by Gasteiger charge is 2.20. The van der Waals surface area contributed by atoms with Crippen molar-refractivity contribution in [1.29, 1.82) is 0 Å². The highest BCUT2D eigenvalue weighted by atomic mass is 35.5. The van der Waals surface area contributed by atoms with E-state index in [0.29, 0.717) is 21.7 Å². The summed E-state index contributed by atoms with van der Waals surface area (Å²) in [6.07, 6.45) is 0. The maximum absolute atomic E-state index is 13.8. The zero-order chi connectivity index (χ0) is 17.8.